The van der Waals surface area contributed by atoms with Gasteiger partial charge in [-0.05, 0) is 25.5 Å². The molecule has 0 unspecified atom stereocenters. The first kappa shape index (κ1) is 14.6. The lowest BCUT2D eigenvalue weighted by atomic mass is 10.0. The third-order valence-electron chi connectivity index (χ3n) is 1.93. The molecule has 0 aliphatic carbocycles. The second-order valence-electron chi connectivity index (χ2n) is 3.43. The molecule has 0 spiro atoms. The topological polar surface area (TPSA) is 26.0 Å². The molecule has 0 aliphatic heterocycles. The molecule has 1 atom stereocenters. The third kappa shape index (κ3) is 4.33. The Kier molecular flexibility index (Phi) is 6.10. The first-order chi connectivity index (χ1) is 6.50. The van der Waals surface area contributed by atoms with Crippen molar-refractivity contribution in [2.24, 2.45) is 5.73 Å². The molecule has 0 saturated carbocycles. The summed E-state index contributed by atoms with van der Waals surface area (Å²) in [6.07, 6.45) is 0.610. The molecular weight excluding hydrogens is 280 g/mol. The predicted octanol–water partition coefficient (Wildman–Crippen LogP) is 3.98. The Bertz CT molecular complexity index is 354. The zero-order valence-corrected chi connectivity index (χ0v) is 10.9. The van der Waals surface area contributed by atoms with E-state index in [4.69, 9.17) is 5.73 Å². The fourth-order valence-electron chi connectivity index (χ4n) is 1.29. The smallest absolute Gasteiger partial charge is 0.129 e. The summed E-state index contributed by atoms with van der Waals surface area (Å²) >= 11 is 3.20. The first-order valence-electron chi connectivity index (χ1n) is 4.35. The van der Waals surface area contributed by atoms with Crippen molar-refractivity contribution in [2.75, 3.05) is 0 Å². The van der Waals surface area contributed by atoms with Gasteiger partial charge in [-0.1, -0.05) is 27.6 Å². The minimum Gasteiger partial charge on any atom is -0.324 e. The number of halogens is 3. The van der Waals surface area contributed by atoms with Crippen LogP contribution in [0.4, 0.5) is 4.39 Å². The molecule has 1 nitrogen and oxygen atoms in total. The lowest BCUT2D eigenvalue weighted by molar-refractivity contribution is 0.579. The normalized spacial score (nSPS) is 11.7. The molecule has 0 bridgehead atoms. The average Bonchev–Trinajstić information content (AvgIpc) is 2.01. The first-order valence-corrected chi connectivity index (χ1v) is 5.15. The minimum absolute atomic E-state index is 0. The van der Waals surface area contributed by atoms with Crippen molar-refractivity contribution >= 4 is 28.3 Å². The van der Waals surface area contributed by atoms with Crippen molar-refractivity contribution in [1.82, 2.24) is 0 Å². The molecule has 0 aromatic heterocycles. The highest BCUT2D eigenvalue weighted by atomic mass is 79.9. The van der Waals surface area contributed by atoms with Crippen LogP contribution in [0.1, 0.15) is 24.9 Å². The van der Waals surface area contributed by atoms with Crippen molar-refractivity contribution < 1.29 is 4.39 Å². The van der Waals surface area contributed by atoms with E-state index in [1.54, 1.807) is 12.1 Å². The van der Waals surface area contributed by atoms with E-state index in [0.717, 1.165) is 10.0 Å². The van der Waals surface area contributed by atoms with Crippen LogP contribution < -0.4 is 5.73 Å². The Morgan fingerprint density at radius 3 is 2.67 bits per heavy atom. The molecule has 0 saturated heterocycles. The molecule has 2 N–H and O–H groups in total. The maximum atomic E-state index is 13.4. The maximum Gasteiger partial charge on any atom is 0.129 e. The molecule has 1 aromatic carbocycles. The van der Waals surface area contributed by atoms with Gasteiger partial charge in [-0.25, -0.2) is 4.39 Å². The predicted molar refractivity (Wildman–Crippen MR) is 67.7 cm³/mol. The lowest BCUT2D eigenvalue weighted by Gasteiger charge is -2.12. The van der Waals surface area contributed by atoms with Crippen molar-refractivity contribution in [3.05, 3.63) is 46.2 Å². The molecule has 0 heterocycles. The summed E-state index contributed by atoms with van der Waals surface area (Å²) in [6, 6.07) is 4.61. The van der Waals surface area contributed by atoms with Gasteiger partial charge in [-0.2, -0.15) is 0 Å². The van der Waals surface area contributed by atoms with Crippen LogP contribution in [-0.4, -0.2) is 0 Å². The Morgan fingerprint density at radius 2 is 2.20 bits per heavy atom. The Labute approximate surface area is 104 Å². The van der Waals surface area contributed by atoms with E-state index >= 15 is 0 Å². The Balaban J connectivity index is 0.00000196. The van der Waals surface area contributed by atoms with Gasteiger partial charge >= 0.3 is 0 Å². The van der Waals surface area contributed by atoms with Gasteiger partial charge in [0.2, 0.25) is 0 Å². The lowest BCUT2D eigenvalue weighted by Crippen LogP contribution is -2.12. The summed E-state index contributed by atoms with van der Waals surface area (Å²) in [4.78, 5) is 0. The van der Waals surface area contributed by atoms with Crippen LogP contribution in [0.5, 0.6) is 0 Å². The third-order valence-corrected chi connectivity index (χ3v) is 2.42. The van der Waals surface area contributed by atoms with Gasteiger partial charge in [0.1, 0.15) is 5.82 Å². The molecular formula is C11H14BrClFN. The van der Waals surface area contributed by atoms with Gasteiger partial charge in [0.15, 0.2) is 0 Å². The van der Waals surface area contributed by atoms with E-state index in [1.807, 2.05) is 6.92 Å². The SMILES string of the molecule is C=C(C)C[C@H](N)c1ccc(Br)cc1F.Cl. The summed E-state index contributed by atoms with van der Waals surface area (Å²) in [6.45, 7) is 5.64. The van der Waals surface area contributed by atoms with Crippen LogP contribution in [0.3, 0.4) is 0 Å². The molecule has 0 fully saturated rings. The van der Waals surface area contributed by atoms with E-state index in [1.165, 1.54) is 6.07 Å². The van der Waals surface area contributed by atoms with Crippen LogP contribution in [-0.2, 0) is 0 Å². The van der Waals surface area contributed by atoms with Crippen LogP contribution >= 0.6 is 28.3 Å². The average molecular weight is 295 g/mol. The highest BCUT2D eigenvalue weighted by Gasteiger charge is 2.11. The van der Waals surface area contributed by atoms with E-state index in [-0.39, 0.29) is 24.3 Å². The summed E-state index contributed by atoms with van der Waals surface area (Å²) in [5, 5.41) is 0. The zero-order chi connectivity index (χ0) is 10.7. The van der Waals surface area contributed by atoms with Crippen molar-refractivity contribution in [3.63, 3.8) is 0 Å². The van der Waals surface area contributed by atoms with Crippen LogP contribution in [0.25, 0.3) is 0 Å². The molecule has 1 rings (SSSR count). The summed E-state index contributed by atoms with van der Waals surface area (Å²) < 4.78 is 14.1. The van der Waals surface area contributed by atoms with Crippen molar-refractivity contribution in [2.45, 2.75) is 19.4 Å². The van der Waals surface area contributed by atoms with Gasteiger partial charge in [0.25, 0.3) is 0 Å². The van der Waals surface area contributed by atoms with Gasteiger partial charge < -0.3 is 5.73 Å². The van der Waals surface area contributed by atoms with E-state index in [2.05, 4.69) is 22.5 Å². The van der Waals surface area contributed by atoms with Gasteiger partial charge in [0.05, 0.1) is 0 Å². The number of hydrogen-bond acceptors (Lipinski definition) is 1. The highest BCUT2D eigenvalue weighted by molar-refractivity contribution is 9.10. The Morgan fingerprint density at radius 1 is 1.60 bits per heavy atom. The largest absolute Gasteiger partial charge is 0.324 e. The standard InChI is InChI=1S/C11H13BrFN.ClH/c1-7(2)5-11(14)9-4-3-8(12)6-10(9)13;/h3-4,6,11H,1,5,14H2,2H3;1H/t11-;/m0./s1. The molecule has 0 aliphatic rings. The molecule has 84 valence electrons. The Hall–Kier alpha value is -0.380. The van der Waals surface area contributed by atoms with Crippen LogP contribution in [0.15, 0.2) is 34.8 Å². The number of nitrogens with two attached hydrogens (primary N) is 1. The van der Waals surface area contributed by atoms with E-state index in [9.17, 15) is 4.39 Å². The van der Waals surface area contributed by atoms with Crippen molar-refractivity contribution in [3.8, 4) is 0 Å². The maximum absolute atomic E-state index is 13.4. The van der Waals surface area contributed by atoms with Crippen molar-refractivity contribution in [1.29, 1.82) is 0 Å². The highest BCUT2D eigenvalue weighted by Crippen LogP contribution is 2.23. The second kappa shape index (κ2) is 6.26. The fraction of sp³-hybridized carbons (Fsp3) is 0.273. The molecule has 15 heavy (non-hydrogen) atoms. The monoisotopic (exact) mass is 293 g/mol. The summed E-state index contributed by atoms with van der Waals surface area (Å²) in [7, 11) is 0. The summed E-state index contributed by atoms with van der Waals surface area (Å²) in [5.41, 5.74) is 7.33. The molecule has 0 radical (unpaired) electrons. The quantitative estimate of drug-likeness (QED) is 0.839. The summed E-state index contributed by atoms with van der Waals surface area (Å²) in [5.74, 6) is -0.270. The van der Waals surface area contributed by atoms with Crippen LogP contribution in [0, 0.1) is 5.82 Å². The molecule has 4 heteroatoms. The number of hydrogen-bond donors (Lipinski definition) is 1. The van der Waals surface area contributed by atoms with Gasteiger partial charge in [-0.3, -0.25) is 0 Å². The van der Waals surface area contributed by atoms with E-state index in [0.29, 0.717) is 12.0 Å². The molecule has 1 aromatic rings. The van der Waals surface area contributed by atoms with E-state index < -0.39 is 0 Å². The number of benzene rings is 1. The minimum atomic E-state index is -0.305. The zero-order valence-electron chi connectivity index (χ0n) is 8.47. The van der Waals surface area contributed by atoms with Crippen LogP contribution in [0.2, 0.25) is 0 Å². The van der Waals surface area contributed by atoms with Gasteiger partial charge in [0, 0.05) is 16.1 Å². The second-order valence-corrected chi connectivity index (χ2v) is 4.35. The molecule has 0 amide bonds. The van der Waals surface area contributed by atoms with Gasteiger partial charge in [-0.15, -0.1) is 19.0 Å². The fourth-order valence-corrected chi connectivity index (χ4v) is 1.62. The number of rotatable bonds is 3.